The van der Waals surface area contributed by atoms with Crippen molar-refractivity contribution in [2.75, 3.05) is 5.75 Å². The Morgan fingerprint density at radius 3 is 2.54 bits per heavy atom. The van der Waals surface area contributed by atoms with Crippen LogP contribution in [0.4, 0.5) is 0 Å². The standard InChI is InChI=1S/C18H19N3O3S2/c1-18(2,4-5-25)15-12(19-10-24-15)8-14-17(23)20-13(16(22)21-14)7-11-3-6-26-9-11/h3,6-10,25H,4-5H2,1-2H3,(H,20,23)(H,21,22)/b13-7-,14-8-. The van der Waals surface area contributed by atoms with Gasteiger partial charge in [-0.1, -0.05) is 13.8 Å². The quantitative estimate of drug-likeness (QED) is 0.575. The zero-order valence-electron chi connectivity index (χ0n) is 14.4. The van der Waals surface area contributed by atoms with Crippen molar-refractivity contribution in [2.45, 2.75) is 25.7 Å². The fraction of sp³-hybridized carbons (Fsp3) is 0.278. The van der Waals surface area contributed by atoms with Crippen LogP contribution in [-0.2, 0) is 5.41 Å². The molecule has 3 aromatic rings. The molecule has 0 saturated heterocycles. The van der Waals surface area contributed by atoms with E-state index < -0.39 is 5.56 Å². The maximum absolute atomic E-state index is 12.4. The molecule has 3 aromatic heterocycles. The SMILES string of the molecule is CC(C)(CCS)c1ocnc1/C=c1\[nH]c(=O)/c(=C/c2ccsc2)[nH]c1=O. The van der Waals surface area contributed by atoms with Crippen LogP contribution >= 0.6 is 24.0 Å². The third-order valence-corrected chi connectivity index (χ3v) is 4.99. The van der Waals surface area contributed by atoms with E-state index in [0.29, 0.717) is 17.2 Å². The highest BCUT2D eigenvalue weighted by molar-refractivity contribution is 7.80. The molecule has 0 aliphatic rings. The van der Waals surface area contributed by atoms with Gasteiger partial charge in [0.15, 0.2) is 6.39 Å². The Morgan fingerprint density at radius 1 is 1.23 bits per heavy atom. The van der Waals surface area contributed by atoms with Crippen molar-refractivity contribution in [3.63, 3.8) is 0 Å². The number of aromatic nitrogens is 3. The molecule has 2 N–H and O–H groups in total. The van der Waals surface area contributed by atoms with Crippen LogP contribution in [0.1, 0.15) is 37.3 Å². The van der Waals surface area contributed by atoms with Crippen molar-refractivity contribution in [1.82, 2.24) is 15.0 Å². The third kappa shape index (κ3) is 3.91. The van der Waals surface area contributed by atoms with Gasteiger partial charge in [-0.2, -0.15) is 24.0 Å². The first-order chi connectivity index (χ1) is 12.4. The predicted octanol–water partition coefficient (Wildman–Crippen LogP) is 1.37. The molecule has 0 spiro atoms. The average molecular weight is 390 g/mol. The monoisotopic (exact) mass is 389 g/mol. The maximum Gasteiger partial charge on any atom is 0.272 e. The van der Waals surface area contributed by atoms with Gasteiger partial charge in [0, 0.05) is 5.41 Å². The molecule has 0 fully saturated rings. The van der Waals surface area contributed by atoms with Crippen molar-refractivity contribution in [1.29, 1.82) is 0 Å². The summed E-state index contributed by atoms with van der Waals surface area (Å²) in [7, 11) is 0. The number of thiol groups is 1. The van der Waals surface area contributed by atoms with Crippen LogP contribution in [0.2, 0.25) is 0 Å². The lowest BCUT2D eigenvalue weighted by Crippen LogP contribution is -2.46. The summed E-state index contributed by atoms with van der Waals surface area (Å²) in [6.07, 6.45) is 5.30. The predicted molar refractivity (Wildman–Crippen MR) is 106 cm³/mol. The Morgan fingerprint density at radius 2 is 1.92 bits per heavy atom. The van der Waals surface area contributed by atoms with Crippen molar-refractivity contribution < 1.29 is 4.42 Å². The smallest absolute Gasteiger partial charge is 0.272 e. The van der Waals surface area contributed by atoms with E-state index in [0.717, 1.165) is 12.0 Å². The summed E-state index contributed by atoms with van der Waals surface area (Å²) in [4.78, 5) is 34.1. The molecule has 136 valence electrons. The van der Waals surface area contributed by atoms with E-state index in [1.807, 2.05) is 30.7 Å². The third-order valence-electron chi connectivity index (χ3n) is 4.07. The number of H-pyrrole nitrogens is 2. The fourth-order valence-electron chi connectivity index (χ4n) is 2.61. The maximum atomic E-state index is 12.4. The molecule has 0 radical (unpaired) electrons. The van der Waals surface area contributed by atoms with Crippen LogP contribution < -0.4 is 21.8 Å². The van der Waals surface area contributed by atoms with E-state index >= 15 is 0 Å². The Labute approximate surface area is 158 Å². The summed E-state index contributed by atoms with van der Waals surface area (Å²) in [5.74, 6) is 1.35. The molecule has 0 aliphatic carbocycles. The highest BCUT2D eigenvalue weighted by Gasteiger charge is 2.26. The Kier molecular flexibility index (Phi) is 5.33. The second-order valence-corrected chi connectivity index (χ2v) is 7.73. The summed E-state index contributed by atoms with van der Waals surface area (Å²) in [6, 6.07) is 1.87. The van der Waals surface area contributed by atoms with Gasteiger partial charge in [-0.15, -0.1) is 0 Å². The highest BCUT2D eigenvalue weighted by Crippen LogP contribution is 2.30. The first kappa shape index (κ1) is 18.5. The van der Waals surface area contributed by atoms with E-state index in [1.54, 1.807) is 6.08 Å². The second kappa shape index (κ2) is 7.51. The van der Waals surface area contributed by atoms with Gasteiger partial charge in [-0.25, -0.2) is 4.98 Å². The van der Waals surface area contributed by atoms with Crippen molar-refractivity contribution in [3.05, 3.63) is 71.6 Å². The molecule has 0 aromatic carbocycles. The number of thiophene rings is 1. The molecular formula is C18H19N3O3S2. The summed E-state index contributed by atoms with van der Waals surface area (Å²) in [5, 5.41) is 4.14. The van der Waals surface area contributed by atoms with E-state index in [9.17, 15) is 9.59 Å². The number of hydrogen-bond acceptors (Lipinski definition) is 6. The number of rotatable bonds is 5. The lowest BCUT2D eigenvalue weighted by atomic mass is 9.86. The molecule has 0 unspecified atom stereocenters. The minimum atomic E-state index is -0.396. The zero-order chi connectivity index (χ0) is 18.7. The topological polar surface area (TPSA) is 91.8 Å². The Balaban J connectivity index is 2.10. The Bertz CT molecular complexity index is 1120. The van der Waals surface area contributed by atoms with Gasteiger partial charge < -0.3 is 14.4 Å². The van der Waals surface area contributed by atoms with E-state index in [1.165, 1.54) is 23.8 Å². The fourth-order valence-corrected chi connectivity index (χ4v) is 3.79. The van der Waals surface area contributed by atoms with Crippen molar-refractivity contribution >= 4 is 36.1 Å². The van der Waals surface area contributed by atoms with Gasteiger partial charge in [0.1, 0.15) is 22.2 Å². The lowest BCUT2D eigenvalue weighted by Gasteiger charge is -2.21. The van der Waals surface area contributed by atoms with Gasteiger partial charge in [0.2, 0.25) is 0 Å². The number of nitrogens with zero attached hydrogens (tertiary/aromatic N) is 1. The van der Waals surface area contributed by atoms with Crippen LogP contribution in [-0.4, -0.2) is 20.7 Å². The minimum Gasteiger partial charge on any atom is -0.447 e. The van der Waals surface area contributed by atoms with Gasteiger partial charge in [-0.05, 0) is 46.7 Å². The molecule has 0 aliphatic heterocycles. The largest absolute Gasteiger partial charge is 0.447 e. The summed E-state index contributed by atoms with van der Waals surface area (Å²) in [5.41, 5.74) is 0.325. The normalized spacial score (nSPS) is 13.5. The zero-order valence-corrected chi connectivity index (χ0v) is 16.1. The molecule has 26 heavy (non-hydrogen) atoms. The molecule has 8 heteroatoms. The van der Waals surface area contributed by atoms with Crippen molar-refractivity contribution in [3.8, 4) is 0 Å². The number of oxazole rings is 1. The van der Waals surface area contributed by atoms with Gasteiger partial charge in [0.05, 0.1) is 0 Å². The van der Waals surface area contributed by atoms with Crippen molar-refractivity contribution in [2.24, 2.45) is 0 Å². The van der Waals surface area contributed by atoms with Crippen LogP contribution in [0, 0.1) is 0 Å². The van der Waals surface area contributed by atoms with Gasteiger partial charge in [0.25, 0.3) is 11.1 Å². The van der Waals surface area contributed by atoms with E-state index in [-0.39, 0.29) is 21.7 Å². The van der Waals surface area contributed by atoms with Crippen LogP contribution in [0.15, 0.2) is 37.2 Å². The molecule has 6 nitrogen and oxygen atoms in total. The number of aromatic amines is 2. The second-order valence-electron chi connectivity index (χ2n) is 6.51. The van der Waals surface area contributed by atoms with Crippen LogP contribution in [0.3, 0.4) is 0 Å². The highest BCUT2D eigenvalue weighted by atomic mass is 32.1. The average Bonchev–Trinajstić information content (AvgIpc) is 3.24. The molecule has 0 bridgehead atoms. The van der Waals surface area contributed by atoms with Gasteiger partial charge >= 0.3 is 0 Å². The van der Waals surface area contributed by atoms with Gasteiger partial charge in [-0.3, -0.25) is 9.59 Å². The van der Waals surface area contributed by atoms with E-state index in [2.05, 4.69) is 27.6 Å². The van der Waals surface area contributed by atoms with Crippen LogP contribution in [0.5, 0.6) is 0 Å². The molecule has 0 saturated carbocycles. The molecule has 0 atom stereocenters. The number of nitrogens with one attached hydrogen (secondary N) is 2. The lowest BCUT2D eigenvalue weighted by molar-refractivity contribution is 0.376. The molecular weight excluding hydrogens is 370 g/mol. The van der Waals surface area contributed by atoms with Crippen LogP contribution in [0.25, 0.3) is 12.2 Å². The molecule has 3 rings (SSSR count). The summed E-state index contributed by atoms with van der Waals surface area (Å²) in [6.45, 7) is 4.04. The summed E-state index contributed by atoms with van der Waals surface area (Å²) >= 11 is 5.79. The molecule has 0 amide bonds. The first-order valence-corrected chi connectivity index (χ1v) is 9.61. The minimum absolute atomic E-state index is 0.134. The molecule has 3 heterocycles. The Hall–Kier alpha value is -2.32. The van der Waals surface area contributed by atoms with E-state index in [4.69, 9.17) is 4.42 Å². The number of hydrogen-bond donors (Lipinski definition) is 3. The summed E-state index contributed by atoms with van der Waals surface area (Å²) < 4.78 is 5.53. The first-order valence-electron chi connectivity index (χ1n) is 8.04.